The van der Waals surface area contributed by atoms with Crippen LogP contribution in [0.2, 0.25) is 0 Å². The van der Waals surface area contributed by atoms with E-state index in [1.807, 2.05) is 0 Å². The highest BCUT2D eigenvalue weighted by Gasteiger charge is 2.21. The molecule has 3 N–H and O–H groups in total. The average Bonchev–Trinajstić information content (AvgIpc) is 1.23. The number of nitrogens with two attached hydrogens (primary N) is 1. The molecule has 1 rings (SSSR count). The van der Waals surface area contributed by atoms with Gasteiger partial charge in [-0.25, -0.2) is 0 Å². The van der Waals surface area contributed by atoms with Crippen LogP contribution in [0.5, 0.6) is 0 Å². The molecule has 0 aliphatic heterocycles. The molecule has 0 heterocycles. The zero-order valence-corrected chi connectivity index (χ0v) is 4.30. The van der Waals surface area contributed by atoms with Crippen molar-refractivity contribution in [3.05, 3.63) is 0 Å². The van der Waals surface area contributed by atoms with Crippen LogP contribution in [0.3, 0.4) is 0 Å². The van der Waals surface area contributed by atoms with Crippen LogP contribution in [0.1, 0.15) is 19.3 Å². The summed E-state index contributed by atoms with van der Waals surface area (Å²) in [6.07, 6.45) is 2.95. The summed E-state index contributed by atoms with van der Waals surface area (Å²) < 4.78 is 0. The molecule has 1 saturated carbocycles. The third-order valence-corrected chi connectivity index (χ3v) is 1.63. The van der Waals surface area contributed by atoms with Gasteiger partial charge in [0.1, 0.15) is 6.23 Å². The third-order valence-electron chi connectivity index (χ3n) is 1.63. The van der Waals surface area contributed by atoms with Gasteiger partial charge in [-0.1, -0.05) is 6.42 Å². The van der Waals surface area contributed by atoms with Gasteiger partial charge in [-0.3, -0.25) is 0 Å². The lowest BCUT2D eigenvalue weighted by Crippen LogP contribution is -2.33. The van der Waals surface area contributed by atoms with E-state index in [0.29, 0.717) is 5.92 Å². The van der Waals surface area contributed by atoms with Gasteiger partial charge in [-0.2, -0.15) is 0 Å². The molecule has 0 aromatic carbocycles. The van der Waals surface area contributed by atoms with Gasteiger partial charge in [0.25, 0.3) is 0 Å². The van der Waals surface area contributed by atoms with Crippen molar-refractivity contribution in [2.45, 2.75) is 25.5 Å². The smallest absolute Gasteiger partial charge is 0.105 e. The first-order chi connectivity index (χ1) is 3.30. The van der Waals surface area contributed by atoms with Crippen molar-refractivity contribution in [2.75, 3.05) is 0 Å². The van der Waals surface area contributed by atoms with Gasteiger partial charge in [0, 0.05) is 0 Å². The second kappa shape index (κ2) is 1.80. The van der Waals surface area contributed by atoms with Gasteiger partial charge >= 0.3 is 0 Å². The van der Waals surface area contributed by atoms with Crippen molar-refractivity contribution in [1.29, 1.82) is 0 Å². The van der Waals surface area contributed by atoms with E-state index < -0.39 is 6.23 Å². The molecule has 0 spiro atoms. The zero-order valence-electron chi connectivity index (χ0n) is 4.30. The summed E-state index contributed by atoms with van der Waals surface area (Å²) >= 11 is 0. The first kappa shape index (κ1) is 5.06. The molecule has 7 heavy (non-hydrogen) atoms. The van der Waals surface area contributed by atoms with Crippen molar-refractivity contribution >= 4 is 0 Å². The van der Waals surface area contributed by atoms with E-state index in [2.05, 4.69) is 0 Å². The lowest BCUT2D eigenvalue weighted by Gasteiger charge is -2.27. The van der Waals surface area contributed by atoms with Crippen molar-refractivity contribution in [3.8, 4) is 0 Å². The summed E-state index contributed by atoms with van der Waals surface area (Å²) in [4.78, 5) is 0. The highest BCUT2D eigenvalue weighted by molar-refractivity contribution is 4.72. The molecule has 2 nitrogen and oxygen atoms in total. The Balaban J connectivity index is 2.14. The number of hydrogen-bond donors (Lipinski definition) is 2. The predicted molar refractivity (Wildman–Crippen MR) is 27.5 cm³/mol. The second-order valence-electron chi connectivity index (χ2n) is 2.18. The Morgan fingerprint density at radius 1 is 1.57 bits per heavy atom. The van der Waals surface area contributed by atoms with E-state index in [1.54, 1.807) is 0 Å². The van der Waals surface area contributed by atoms with Crippen LogP contribution in [-0.4, -0.2) is 11.3 Å². The summed E-state index contributed by atoms with van der Waals surface area (Å²) in [6, 6.07) is 0. The number of hydrogen-bond acceptors (Lipinski definition) is 2. The maximum atomic E-state index is 8.65. The molecular weight excluding hydrogens is 90.1 g/mol. The predicted octanol–water partition coefficient (Wildman–Crippen LogP) is 0.0636. The normalized spacial score (nSPS) is 26.6. The van der Waals surface area contributed by atoms with Crippen LogP contribution < -0.4 is 5.73 Å². The van der Waals surface area contributed by atoms with E-state index in [-0.39, 0.29) is 0 Å². The fourth-order valence-electron chi connectivity index (χ4n) is 0.781. The largest absolute Gasteiger partial charge is 0.379 e. The summed E-state index contributed by atoms with van der Waals surface area (Å²) in [7, 11) is 0. The van der Waals surface area contributed by atoms with Crippen molar-refractivity contribution in [2.24, 2.45) is 11.7 Å². The first-order valence-electron chi connectivity index (χ1n) is 2.74. The van der Waals surface area contributed by atoms with E-state index >= 15 is 0 Å². The van der Waals surface area contributed by atoms with Gasteiger partial charge in [0.05, 0.1) is 0 Å². The Morgan fingerprint density at radius 2 is 2.14 bits per heavy atom. The Kier molecular flexibility index (Phi) is 1.30. The lowest BCUT2D eigenvalue weighted by molar-refractivity contribution is 0.0681. The zero-order chi connectivity index (χ0) is 5.28. The minimum atomic E-state index is -0.547. The van der Waals surface area contributed by atoms with Gasteiger partial charge in [-0.15, -0.1) is 0 Å². The molecule has 1 aliphatic rings. The SMILES string of the molecule is NC(O)C1CCC1. The van der Waals surface area contributed by atoms with Crippen LogP contribution >= 0.6 is 0 Å². The summed E-state index contributed by atoms with van der Waals surface area (Å²) in [6.45, 7) is 0. The highest BCUT2D eigenvalue weighted by atomic mass is 16.3. The van der Waals surface area contributed by atoms with Crippen molar-refractivity contribution < 1.29 is 5.11 Å². The van der Waals surface area contributed by atoms with Gasteiger partial charge in [-0.05, 0) is 18.8 Å². The quantitative estimate of drug-likeness (QED) is 0.459. The van der Waals surface area contributed by atoms with Gasteiger partial charge in [0.15, 0.2) is 0 Å². The molecule has 2 heteroatoms. The topological polar surface area (TPSA) is 46.2 Å². The molecule has 1 aliphatic carbocycles. The fourth-order valence-corrected chi connectivity index (χ4v) is 0.781. The van der Waals surface area contributed by atoms with E-state index in [9.17, 15) is 0 Å². The summed E-state index contributed by atoms with van der Waals surface area (Å²) in [5.41, 5.74) is 5.15. The number of rotatable bonds is 1. The Labute approximate surface area is 43.3 Å². The Morgan fingerprint density at radius 3 is 2.14 bits per heavy atom. The molecular formula is C5H11NO. The molecule has 0 radical (unpaired) electrons. The van der Waals surface area contributed by atoms with Crippen LogP contribution in [0.25, 0.3) is 0 Å². The van der Waals surface area contributed by atoms with Crippen LogP contribution in [0, 0.1) is 5.92 Å². The molecule has 0 saturated heterocycles. The molecule has 1 fully saturated rings. The standard InChI is InChI=1S/C5H11NO/c6-5(7)4-2-1-3-4/h4-5,7H,1-3,6H2. The van der Waals surface area contributed by atoms with Crippen molar-refractivity contribution in [1.82, 2.24) is 0 Å². The van der Waals surface area contributed by atoms with E-state index in [4.69, 9.17) is 10.8 Å². The second-order valence-corrected chi connectivity index (χ2v) is 2.18. The molecule has 0 aromatic rings. The molecule has 1 atom stereocenters. The molecule has 1 unspecified atom stereocenters. The number of aliphatic hydroxyl groups excluding tert-OH is 1. The Hall–Kier alpha value is -0.0800. The third kappa shape index (κ3) is 0.924. The monoisotopic (exact) mass is 101 g/mol. The summed E-state index contributed by atoms with van der Waals surface area (Å²) in [5, 5.41) is 8.65. The summed E-state index contributed by atoms with van der Waals surface area (Å²) in [5.74, 6) is 0.417. The minimum Gasteiger partial charge on any atom is -0.379 e. The number of aliphatic hydroxyl groups is 1. The maximum Gasteiger partial charge on any atom is 0.105 e. The molecule has 42 valence electrons. The minimum absolute atomic E-state index is 0.417. The van der Waals surface area contributed by atoms with Crippen molar-refractivity contribution in [3.63, 3.8) is 0 Å². The van der Waals surface area contributed by atoms with Crippen LogP contribution in [0.4, 0.5) is 0 Å². The Bertz CT molecular complexity index is 59.1. The van der Waals surface area contributed by atoms with Crippen LogP contribution in [0.15, 0.2) is 0 Å². The van der Waals surface area contributed by atoms with Crippen LogP contribution in [-0.2, 0) is 0 Å². The average molecular weight is 101 g/mol. The van der Waals surface area contributed by atoms with Gasteiger partial charge in [0.2, 0.25) is 0 Å². The first-order valence-corrected chi connectivity index (χ1v) is 2.74. The molecule has 0 aromatic heterocycles. The van der Waals surface area contributed by atoms with E-state index in [1.165, 1.54) is 6.42 Å². The highest BCUT2D eigenvalue weighted by Crippen LogP contribution is 2.27. The molecule has 0 bridgehead atoms. The maximum absolute atomic E-state index is 8.65. The molecule has 0 amide bonds. The van der Waals surface area contributed by atoms with Gasteiger partial charge < -0.3 is 10.8 Å². The van der Waals surface area contributed by atoms with E-state index in [0.717, 1.165) is 12.8 Å². The fraction of sp³-hybridized carbons (Fsp3) is 1.00. The lowest BCUT2D eigenvalue weighted by atomic mass is 9.84.